The van der Waals surface area contributed by atoms with E-state index in [-0.39, 0.29) is 18.4 Å². The molecule has 3 aromatic rings. The summed E-state index contributed by atoms with van der Waals surface area (Å²) >= 11 is 0. The fraction of sp³-hybridized carbons (Fsp3) is 0.200. The first-order valence-corrected chi connectivity index (χ1v) is 9.82. The quantitative estimate of drug-likeness (QED) is 0.599. The lowest BCUT2D eigenvalue weighted by Crippen LogP contribution is -2.31. The van der Waals surface area contributed by atoms with Gasteiger partial charge in [0, 0.05) is 28.5 Å². The summed E-state index contributed by atoms with van der Waals surface area (Å²) in [4.78, 5) is 26.9. The summed E-state index contributed by atoms with van der Waals surface area (Å²) < 4.78 is 5.76. The molecule has 5 nitrogen and oxygen atoms in total. The van der Waals surface area contributed by atoms with Crippen molar-refractivity contribution in [1.82, 2.24) is 0 Å². The molecule has 0 aromatic heterocycles. The molecule has 0 radical (unpaired) electrons. The molecule has 30 heavy (non-hydrogen) atoms. The van der Waals surface area contributed by atoms with E-state index in [9.17, 15) is 9.59 Å². The first kappa shape index (κ1) is 21.1. The number of rotatable bonds is 6. The number of carbonyl (C=O) groups is 2. The van der Waals surface area contributed by atoms with Crippen LogP contribution in [0.2, 0.25) is 0 Å². The highest BCUT2D eigenvalue weighted by molar-refractivity contribution is 6.01. The van der Waals surface area contributed by atoms with E-state index in [0.717, 1.165) is 11.4 Å². The summed E-state index contributed by atoms with van der Waals surface area (Å²) in [5, 5.41) is 2.87. The highest BCUT2D eigenvalue weighted by atomic mass is 16.5. The molecule has 0 fully saturated rings. The minimum Gasteiger partial charge on any atom is -0.484 e. The number of para-hydroxylation sites is 2. The fourth-order valence-corrected chi connectivity index (χ4v) is 2.78. The van der Waals surface area contributed by atoms with Crippen LogP contribution in [0.5, 0.6) is 5.75 Å². The summed E-state index contributed by atoms with van der Waals surface area (Å²) in [6.07, 6.45) is 0. The maximum Gasteiger partial charge on any atom is 0.269 e. The average molecular weight is 402 g/mol. The van der Waals surface area contributed by atoms with Crippen molar-refractivity contribution in [3.05, 3.63) is 84.9 Å². The van der Waals surface area contributed by atoms with Gasteiger partial charge in [0.15, 0.2) is 6.61 Å². The van der Waals surface area contributed by atoms with Crippen LogP contribution in [0.4, 0.5) is 17.1 Å². The van der Waals surface area contributed by atoms with Crippen molar-refractivity contribution in [1.29, 1.82) is 0 Å². The zero-order chi connectivity index (χ0) is 21.6. The lowest BCUT2D eigenvalue weighted by Gasteiger charge is -2.23. The first-order valence-electron chi connectivity index (χ1n) is 9.82. The minimum absolute atomic E-state index is 0.0879. The highest BCUT2D eigenvalue weighted by Crippen LogP contribution is 2.26. The zero-order valence-corrected chi connectivity index (χ0v) is 17.5. The molecule has 3 aromatic carbocycles. The average Bonchev–Trinajstić information content (AvgIpc) is 2.74. The van der Waals surface area contributed by atoms with E-state index in [1.165, 1.54) is 0 Å². The Balaban J connectivity index is 1.73. The number of amides is 2. The fourth-order valence-electron chi connectivity index (χ4n) is 2.78. The molecule has 2 amide bonds. The highest BCUT2D eigenvalue weighted by Gasteiger charge is 2.21. The van der Waals surface area contributed by atoms with Gasteiger partial charge in [0.25, 0.3) is 5.91 Å². The maximum atomic E-state index is 13.0. The number of nitrogens with zero attached hydrogens (tertiary/aromatic N) is 1. The van der Waals surface area contributed by atoms with Crippen LogP contribution < -0.4 is 15.0 Å². The summed E-state index contributed by atoms with van der Waals surface area (Å²) in [6, 6.07) is 26.0. The number of hydrogen-bond donors (Lipinski definition) is 1. The van der Waals surface area contributed by atoms with Crippen LogP contribution in [0.25, 0.3) is 0 Å². The van der Waals surface area contributed by atoms with Crippen LogP contribution in [0.15, 0.2) is 84.9 Å². The predicted octanol–water partition coefficient (Wildman–Crippen LogP) is 5.41. The van der Waals surface area contributed by atoms with Crippen LogP contribution in [0.3, 0.4) is 0 Å². The van der Waals surface area contributed by atoms with E-state index < -0.39 is 5.41 Å². The zero-order valence-electron chi connectivity index (χ0n) is 17.5. The Bertz CT molecular complexity index is 956. The molecule has 5 heteroatoms. The van der Waals surface area contributed by atoms with Crippen molar-refractivity contribution in [2.24, 2.45) is 5.41 Å². The lowest BCUT2D eigenvalue weighted by molar-refractivity contribution is -0.123. The van der Waals surface area contributed by atoms with E-state index in [1.807, 2.05) is 81.4 Å². The van der Waals surface area contributed by atoms with Crippen molar-refractivity contribution < 1.29 is 14.3 Å². The number of nitrogens with one attached hydrogen (secondary N) is 1. The maximum absolute atomic E-state index is 13.0. The normalized spacial score (nSPS) is 10.9. The van der Waals surface area contributed by atoms with E-state index in [2.05, 4.69) is 5.32 Å². The number of benzene rings is 3. The summed E-state index contributed by atoms with van der Waals surface area (Å²) in [7, 11) is 0. The van der Waals surface area contributed by atoms with Gasteiger partial charge in [-0.2, -0.15) is 0 Å². The first-order chi connectivity index (χ1) is 14.3. The van der Waals surface area contributed by atoms with E-state index in [0.29, 0.717) is 11.4 Å². The van der Waals surface area contributed by atoms with Crippen LogP contribution in [-0.2, 0) is 9.59 Å². The third kappa shape index (κ3) is 5.47. The van der Waals surface area contributed by atoms with Gasteiger partial charge in [-0.05, 0) is 36.4 Å². The van der Waals surface area contributed by atoms with Crippen molar-refractivity contribution in [2.45, 2.75) is 20.8 Å². The van der Waals surface area contributed by atoms with E-state index >= 15 is 0 Å². The lowest BCUT2D eigenvalue weighted by atomic mass is 9.95. The van der Waals surface area contributed by atoms with Gasteiger partial charge < -0.3 is 10.1 Å². The van der Waals surface area contributed by atoms with Crippen molar-refractivity contribution in [2.75, 3.05) is 16.8 Å². The van der Waals surface area contributed by atoms with Gasteiger partial charge in [-0.3, -0.25) is 14.5 Å². The number of hydrogen-bond acceptors (Lipinski definition) is 3. The predicted molar refractivity (Wildman–Crippen MR) is 120 cm³/mol. The Hall–Kier alpha value is -3.60. The van der Waals surface area contributed by atoms with E-state index in [4.69, 9.17) is 4.74 Å². The minimum atomic E-state index is -0.501. The number of carbonyl (C=O) groups excluding carboxylic acids is 2. The Kier molecular flexibility index (Phi) is 6.52. The molecule has 0 aliphatic carbocycles. The standard InChI is InChI=1S/C25H26N2O3/c1-25(2,3)24(29)26-19-11-10-16-22(17-19)30-18-23(28)27(20-12-6-4-7-13-20)21-14-8-5-9-15-21/h4-17H,18H2,1-3H3,(H,26,29). The van der Waals surface area contributed by atoms with E-state index in [1.54, 1.807) is 29.2 Å². The summed E-state index contributed by atoms with van der Waals surface area (Å²) in [5.74, 6) is 0.225. The number of anilines is 3. The SMILES string of the molecule is CC(C)(C)C(=O)Nc1cccc(OCC(=O)N(c2ccccc2)c2ccccc2)c1. The smallest absolute Gasteiger partial charge is 0.269 e. The Labute approximate surface area is 177 Å². The van der Waals surface area contributed by atoms with Crippen LogP contribution in [0.1, 0.15) is 20.8 Å². The molecule has 0 saturated carbocycles. The van der Waals surface area contributed by atoms with Crippen LogP contribution in [-0.4, -0.2) is 18.4 Å². The Morgan fingerprint density at radius 2 is 1.40 bits per heavy atom. The monoisotopic (exact) mass is 402 g/mol. The molecule has 0 heterocycles. The largest absolute Gasteiger partial charge is 0.484 e. The number of ether oxygens (including phenoxy) is 1. The second-order valence-corrected chi connectivity index (χ2v) is 7.92. The molecule has 0 aliphatic heterocycles. The molecular weight excluding hydrogens is 376 g/mol. The molecule has 0 bridgehead atoms. The molecule has 3 rings (SSSR count). The molecule has 0 unspecified atom stereocenters. The molecule has 0 aliphatic rings. The van der Waals surface area contributed by atoms with Gasteiger partial charge in [0.1, 0.15) is 5.75 Å². The van der Waals surface area contributed by atoms with Gasteiger partial charge in [-0.25, -0.2) is 0 Å². The van der Waals surface area contributed by atoms with Gasteiger partial charge in [0.05, 0.1) is 0 Å². The topological polar surface area (TPSA) is 58.6 Å². The second kappa shape index (κ2) is 9.27. The Morgan fingerprint density at radius 1 is 0.833 bits per heavy atom. The third-order valence-corrected chi connectivity index (χ3v) is 4.41. The van der Waals surface area contributed by atoms with Crippen LogP contribution >= 0.6 is 0 Å². The van der Waals surface area contributed by atoms with Gasteiger partial charge in [-0.1, -0.05) is 63.2 Å². The molecule has 0 atom stereocenters. The second-order valence-electron chi connectivity index (χ2n) is 7.92. The van der Waals surface area contributed by atoms with Gasteiger partial charge in [-0.15, -0.1) is 0 Å². The van der Waals surface area contributed by atoms with Crippen molar-refractivity contribution in [3.63, 3.8) is 0 Å². The summed E-state index contributed by atoms with van der Waals surface area (Å²) in [6.45, 7) is 5.41. The molecule has 0 saturated heterocycles. The molecule has 0 spiro atoms. The summed E-state index contributed by atoms with van der Waals surface area (Å²) in [5.41, 5.74) is 1.66. The van der Waals surface area contributed by atoms with Crippen molar-refractivity contribution >= 4 is 28.9 Å². The third-order valence-electron chi connectivity index (χ3n) is 4.41. The van der Waals surface area contributed by atoms with Crippen LogP contribution in [0, 0.1) is 5.41 Å². The molecular formula is C25H26N2O3. The molecule has 154 valence electrons. The molecule has 1 N–H and O–H groups in total. The Morgan fingerprint density at radius 3 is 1.93 bits per heavy atom. The van der Waals surface area contributed by atoms with Crippen molar-refractivity contribution in [3.8, 4) is 5.75 Å². The van der Waals surface area contributed by atoms with Gasteiger partial charge in [0.2, 0.25) is 5.91 Å². The van der Waals surface area contributed by atoms with Gasteiger partial charge >= 0.3 is 0 Å².